The van der Waals surface area contributed by atoms with Crippen molar-refractivity contribution < 1.29 is 12.8 Å². The average Bonchev–Trinajstić information content (AvgIpc) is 3.16. The Hall–Kier alpha value is -1.94. The largest absolute Gasteiger partial charge is 0.294 e. The van der Waals surface area contributed by atoms with Crippen LogP contribution in [0.2, 0.25) is 0 Å². The van der Waals surface area contributed by atoms with Gasteiger partial charge < -0.3 is 0 Å². The van der Waals surface area contributed by atoms with Gasteiger partial charge in [0.25, 0.3) is 0 Å². The van der Waals surface area contributed by atoms with E-state index in [0.717, 1.165) is 11.7 Å². The van der Waals surface area contributed by atoms with Gasteiger partial charge in [-0.25, -0.2) is 12.8 Å². The molecule has 1 unspecified atom stereocenters. The third-order valence-electron chi connectivity index (χ3n) is 5.04. The molecule has 0 aliphatic carbocycles. The lowest BCUT2D eigenvalue weighted by Gasteiger charge is -2.37. The van der Waals surface area contributed by atoms with E-state index in [1.54, 1.807) is 30.3 Å². The molecule has 1 aromatic heterocycles. The third-order valence-corrected chi connectivity index (χ3v) is 7.52. The predicted octanol–water partition coefficient (Wildman–Crippen LogP) is 2.90. The molecular formula is C18H19FN4O2S2. The van der Waals surface area contributed by atoms with Gasteiger partial charge in [0, 0.05) is 37.8 Å². The minimum Gasteiger partial charge on any atom is -0.294 e. The van der Waals surface area contributed by atoms with Crippen molar-refractivity contribution in [2.75, 3.05) is 26.2 Å². The van der Waals surface area contributed by atoms with Gasteiger partial charge in [-0.2, -0.15) is 13.1 Å². The molecule has 1 fully saturated rings. The first kappa shape index (κ1) is 18.4. The molecule has 0 amide bonds. The number of hydrogen-bond acceptors (Lipinski definition) is 6. The molecule has 0 saturated carbocycles. The Morgan fingerprint density at radius 2 is 1.78 bits per heavy atom. The average molecular weight is 407 g/mol. The van der Waals surface area contributed by atoms with E-state index in [1.165, 1.54) is 10.4 Å². The van der Waals surface area contributed by atoms with Crippen LogP contribution in [-0.2, 0) is 10.0 Å². The Labute approximate surface area is 161 Å². The summed E-state index contributed by atoms with van der Waals surface area (Å²) in [7, 11) is -3.64. The molecule has 1 saturated heterocycles. The van der Waals surface area contributed by atoms with E-state index in [4.69, 9.17) is 0 Å². The molecule has 0 radical (unpaired) electrons. The van der Waals surface area contributed by atoms with Crippen molar-refractivity contribution in [3.63, 3.8) is 0 Å². The molecule has 0 bridgehead atoms. The number of sulfonamides is 1. The van der Waals surface area contributed by atoms with E-state index in [-0.39, 0.29) is 16.8 Å². The monoisotopic (exact) mass is 406 g/mol. The van der Waals surface area contributed by atoms with Gasteiger partial charge in [-0.15, -0.1) is 0 Å². The van der Waals surface area contributed by atoms with Crippen LogP contribution in [0.3, 0.4) is 0 Å². The van der Waals surface area contributed by atoms with Crippen molar-refractivity contribution in [1.82, 2.24) is 18.0 Å². The highest BCUT2D eigenvalue weighted by molar-refractivity contribution is 7.89. The van der Waals surface area contributed by atoms with Crippen molar-refractivity contribution in [1.29, 1.82) is 0 Å². The highest BCUT2D eigenvalue weighted by Gasteiger charge is 2.32. The zero-order valence-corrected chi connectivity index (χ0v) is 16.4. The maximum absolute atomic E-state index is 14.1. The second kappa shape index (κ2) is 7.23. The number of rotatable bonds is 4. The molecule has 3 aromatic rings. The maximum atomic E-state index is 14.1. The normalized spacial score (nSPS) is 18.0. The first-order chi connectivity index (χ1) is 13.0. The van der Waals surface area contributed by atoms with Crippen LogP contribution >= 0.6 is 11.7 Å². The fourth-order valence-corrected chi connectivity index (χ4v) is 5.65. The van der Waals surface area contributed by atoms with Gasteiger partial charge in [0.1, 0.15) is 21.7 Å². The van der Waals surface area contributed by atoms with Crippen LogP contribution in [-0.4, -0.2) is 52.5 Å². The standard InChI is InChI=1S/C18H19FN4O2S2/c1-13(14-5-2-3-6-15(14)19)22-9-11-23(12-10-22)27(24,25)17-8-4-7-16-18(17)21-26-20-16/h2-8,13H,9-12H2,1H3. The van der Waals surface area contributed by atoms with Crippen LogP contribution in [0, 0.1) is 5.82 Å². The number of piperazine rings is 1. The first-order valence-corrected chi connectivity index (χ1v) is 10.9. The Bertz CT molecular complexity index is 1060. The topological polar surface area (TPSA) is 66.4 Å². The van der Waals surface area contributed by atoms with Crippen LogP contribution in [0.15, 0.2) is 47.4 Å². The molecule has 2 heterocycles. The van der Waals surface area contributed by atoms with Crippen molar-refractivity contribution in [2.24, 2.45) is 0 Å². The summed E-state index contributed by atoms with van der Waals surface area (Å²) >= 11 is 1.01. The summed E-state index contributed by atoms with van der Waals surface area (Å²) < 4.78 is 50.0. The van der Waals surface area contributed by atoms with Gasteiger partial charge in [-0.3, -0.25) is 4.90 Å². The van der Waals surface area contributed by atoms with E-state index in [2.05, 4.69) is 13.6 Å². The fourth-order valence-electron chi connectivity index (χ4n) is 3.47. The Morgan fingerprint density at radius 3 is 2.52 bits per heavy atom. The SMILES string of the molecule is CC(c1ccccc1F)N1CCN(S(=O)(=O)c2cccc3nsnc23)CC1. The Balaban J connectivity index is 1.52. The number of fused-ring (bicyclic) bond motifs is 1. The molecule has 1 aliphatic heterocycles. The highest BCUT2D eigenvalue weighted by Crippen LogP contribution is 2.28. The highest BCUT2D eigenvalue weighted by atomic mass is 32.2. The number of nitrogens with zero attached hydrogens (tertiary/aromatic N) is 4. The molecule has 0 N–H and O–H groups in total. The van der Waals surface area contributed by atoms with Crippen LogP contribution < -0.4 is 0 Å². The zero-order valence-electron chi connectivity index (χ0n) is 14.7. The number of halogens is 1. The van der Waals surface area contributed by atoms with E-state index >= 15 is 0 Å². The van der Waals surface area contributed by atoms with Crippen molar-refractivity contribution in [3.8, 4) is 0 Å². The van der Waals surface area contributed by atoms with Crippen molar-refractivity contribution in [3.05, 3.63) is 53.8 Å². The third kappa shape index (κ3) is 3.36. The second-order valence-electron chi connectivity index (χ2n) is 6.53. The van der Waals surface area contributed by atoms with Gasteiger partial charge in [0.2, 0.25) is 10.0 Å². The Kier molecular flexibility index (Phi) is 4.94. The summed E-state index contributed by atoms with van der Waals surface area (Å²) in [6.45, 7) is 3.74. The molecule has 9 heteroatoms. The van der Waals surface area contributed by atoms with Gasteiger partial charge in [0.15, 0.2) is 0 Å². The predicted molar refractivity (Wildman–Crippen MR) is 103 cm³/mol. The Morgan fingerprint density at radius 1 is 1.04 bits per heavy atom. The van der Waals surface area contributed by atoms with Gasteiger partial charge in [-0.1, -0.05) is 24.3 Å². The quantitative estimate of drug-likeness (QED) is 0.667. The summed E-state index contributed by atoms with van der Waals surface area (Å²) in [4.78, 5) is 2.31. The lowest BCUT2D eigenvalue weighted by molar-refractivity contribution is 0.143. The molecule has 142 valence electrons. The lowest BCUT2D eigenvalue weighted by Crippen LogP contribution is -2.49. The van der Waals surface area contributed by atoms with Crippen LogP contribution in [0.4, 0.5) is 4.39 Å². The molecule has 0 spiro atoms. The van der Waals surface area contributed by atoms with E-state index in [0.29, 0.717) is 42.8 Å². The van der Waals surface area contributed by atoms with E-state index in [1.807, 2.05) is 13.0 Å². The molecule has 1 atom stereocenters. The summed E-state index contributed by atoms with van der Waals surface area (Å²) in [5, 5.41) is 0. The molecule has 2 aromatic carbocycles. The summed E-state index contributed by atoms with van der Waals surface area (Å²) in [5.74, 6) is -0.234. The molecule has 6 nitrogen and oxygen atoms in total. The summed E-state index contributed by atoms with van der Waals surface area (Å²) in [6, 6.07) is 11.6. The molecule has 1 aliphatic rings. The molecule has 27 heavy (non-hydrogen) atoms. The second-order valence-corrected chi connectivity index (χ2v) is 8.96. The zero-order chi connectivity index (χ0) is 19.0. The van der Waals surface area contributed by atoms with Crippen molar-refractivity contribution in [2.45, 2.75) is 17.9 Å². The minimum absolute atomic E-state index is 0.109. The van der Waals surface area contributed by atoms with Gasteiger partial charge in [0.05, 0.1) is 11.7 Å². The minimum atomic E-state index is -3.64. The van der Waals surface area contributed by atoms with E-state index < -0.39 is 10.0 Å². The number of aromatic nitrogens is 2. The van der Waals surface area contributed by atoms with Crippen molar-refractivity contribution >= 4 is 32.8 Å². The summed E-state index contributed by atoms with van der Waals surface area (Å²) in [6.07, 6.45) is 0. The molecule has 4 rings (SSSR count). The summed E-state index contributed by atoms with van der Waals surface area (Å²) in [5.41, 5.74) is 1.64. The molecular weight excluding hydrogens is 387 g/mol. The van der Waals surface area contributed by atoms with Gasteiger partial charge in [-0.05, 0) is 25.1 Å². The van der Waals surface area contributed by atoms with Crippen LogP contribution in [0.25, 0.3) is 11.0 Å². The number of hydrogen-bond donors (Lipinski definition) is 0. The van der Waals surface area contributed by atoms with Crippen LogP contribution in [0.5, 0.6) is 0 Å². The van der Waals surface area contributed by atoms with Crippen LogP contribution in [0.1, 0.15) is 18.5 Å². The number of benzene rings is 2. The fraction of sp³-hybridized carbons (Fsp3) is 0.333. The van der Waals surface area contributed by atoms with Gasteiger partial charge >= 0.3 is 0 Å². The maximum Gasteiger partial charge on any atom is 0.245 e. The lowest BCUT2D eigenvalue weighted by atomic mass is 10.1. The van der Waals surface area contributed by atoms with E-state index in [9.17, 15) is 12.8 Å². The first-order valence-electron chi connectivity index (χ1n) is 8.68. The smallest absolute Gasteiger partial charge is 0.245 e.